The van der Waals surface area contributed by atoms with E-state index in [9.17, 15) is 13.2 Å². The molecule has 7 nitrogen and oxygen atoms in total. The van der Waals surface area contributed by atoms with Crippen LogP contribution < -0.4 is 16.0 Å². The van der Waals surface area contributed by atoms with Crippen molar-refractivity contribution < 1.29 is 13.2 Å². The highest BCUT2D eigenvalue weighted by Crippen LogP contribution is 2.12. The fourth-order valence-electron chi connectivity index (χ4n) is 1.25. The predicted octanol–water partition coefficient (Wildman–Crippen LogP) is -1.07. The zero-order valence-corrected chi connectivity index (χ0v) is 9.84. The van der Waals surface area contributed by atoms with Crippen LogP contribution in [0, 0.1) is 0 Å². The van der Waals surface area contributed by atoms with Crippen LogP contribution in [0.4, 0.5) is 0 Å². The minimum atomic E-state index is -3.55. The van der Waals surface area contributed by atoms with E-state index in [4.69, 9.17) is 5.84 Å². The Kier molecular flexibility index (Phi) is 3.68. The summed E-state index contributed by atoms with van der Waals surface area (Å²) in [7, 11) is -1.98. The Hall–Kier alpha value is -1.38. The topological polar surface area (TPSA) is 106 Å². The van der Waals surface area contributed by atoms with Gasteiger partial charge in [-0.2, -0.15) is 0 Å². The molecular weight excluding hydrogens is 232 g/mol. The molecule has 0 aliphatic heterocycles. The molecule has 1 heterocycles. The van der Waals surface area contributed by atoms with Gasteiger partial charge in [0.2, 0.25) is 10.0 Å². The molecular formula is C8H14N4O3S. The molecule has 16 heavy (non-hydrogen) atoms. The molecule has 0 spiro atoms. The number of carbonyl (C=O) groups excluding carboxylic acids is 1. The maximum Gasteiger partial charge on any atom is 0.281 e. The van der Waals surface area contributed by atoms with E-state index in [0.29, 0.717) is 0 Å². The molecule has 0 radical (unpaired) electrons. The Labute approximate surface area is 93.6 Å². The summed E-state index contributed by atoms with van der Waals surface area (Å²) in [4.78, 5) is 11.3. The SMILES string of the molecule is CCNS(=O)(=O)c1cc(C(=O)NN)n(C)c1. The van der Waals surface area contributed by atoms with Crippen molar-refractivity contribution in [2.75, 3.05) is 6.54 Å². The standard InChI is InChI=1S/C8H14N4O3S/c1-3-10-16(14,15)6-4-7(8(13)11-9)12(2)5-6/h4-5,10H,3,9H2,1-2H3,(H,11,13). The van der Waals surface area contributed by atoms with Gasteiger partial charge in [-0.3, -0.25) is 10.2 Å². The van der Waals surface area contributed by atoms with Crippen molar-refractivity contribution >= 4 is 15.9 Å². The van der Waals surface area contributed by atoms with Crippen LogP contribution in [0.2, 0.25) is 0 Å². The number of aryl methyl sites for hydroxylation is 1. The van der Waals surface area contributed by atoms with Gasteiger partial charge in [-0.05, 0) is 6.07 Å². The van der Waals surface area contributed by atoms with Crippen LogP contribution in [-0.4, -0.2) is 25.4 Å². The van der Waals surface area contributed by atoms with Gasteiger partial charge in [0.25, 0.3) is 5.91 Å². The third-order valence-electron chi connectivity index (χ3n) is 1.99. The predicted molar refractivity (Wildman–Crippen MR) is 57.9 cm³/mol. The Bertz CT molecular complexity index is 491. The van der Waals surface area contributed by atoms with Crippen LogP contribution in [0.3, 0.4) is 0 Å². The molecule has 0 atom stereocenters. The summed E-state index contributed by atoms with van der Waals surface area (Å²) < 4.78 is 27.0. The molecule has 1 amide bonds. The fraction of sp³-hybridized carbons (Fsp3) is 0.375. The van der Waals surface area contributed by atoms with E-state index in [2.05, 4.69) is 4.72 Å². The molecule has 90 valence electrons. The highest BCUT2D eigenvalue weighted by atomic mass is 32.2. The van der Waals surface area contributed by atoms with Gasteiger partial charge in [0, 0.05) is 19.8 Å². The first kappa shape index (κ1) is 12.7. The number of nitrogens with zero attached hydrogens (tertiary/aromatic N) is 1. The second kappa shape index (κ2) is 4.64. The molecule has 0 aliphatic carbocycles. The van der Waals surface area contributed by atoms with E-state index in [1.54, 1.807) is 14.0 Å². The van der Waals surface area contributed by atoms with Crippen LogP contribution in [0.1, 0.15) is 17.4 Å². The number of carbonyl (C=O) groups is 1. The average molecular weight is 246 g/mol. The first-order valence-corrected chi connectivity index (χ1v) is 6.07. The lowest BCUT2D eigenvalue weighted by molar-refractivity contribution is 0.0945. The number of hydrogen-bond donors (Lipinski definition) is 3. The maximum atomic E-state index is 11.6. The van der Waals surface area contributed by atoms with Crippen LogP contribution in [0.5, 0.6) is 0 Å². The van der Waals surface area contributed by atoms with E-state index in [1.807, 2.05) is 5.43 Å². The lowest BCUT2D eigenvalue weighted by atomic mass is 10.4. The molecule has 1 aromatic rings. The third-order valence-corrected chi connectivity index (χ3v) is 3.50. The molecule has 4 N–H and O–H groups in total. The molecule has 0 aliphatic rings. The van der Waals surface area contributed by atoms with Crippen molar-refractivity contribution in [2.24, 2.45) is 12.9 Å². The number of nitrogens with two attached hydrogens (primary N) is 1. The maximum absolute atomic E-state index is 11.6. The summed E-state index contributed by atoms with van der Waals surface area (Å²) >= 11 is 0. The summed E-state index contributed by atoms with van der Waals surface area (Å²) in [5.74, 6) is 4.43. The molecule has 0 bridgehead atoms. The summed E-state index contributed by atoms with van der Waals surface area (Å²) in [6.45, 7) is 1.96. The van der Waals surface area contributed by atoms with Gasteiger partial charge in [0.15, 0.2) is 0 Å². The minimum absolute atomic E-state index is 0.0375. The number of aromatic nitrogens is 1. The van der Waals surface area contributed by atoms with Gasteiger partial charge in [-0.25, -0.2) is 19.0 Å². The van der Waals surface area contributed by atoms with E-state index < -0.39 is 15.9 Å². The van der Waals surface area contributed by atoms with Crippen molar-refractivity contribution in [1.29, 1.82) is 0 Å². The largest absolute Gasteiger partial charge is 0.345 e. The summed E-state index contributed by atoms with van der Waals surface area (Å²) in [5, 5.41) is 0. The lowest BCUT2D eigenvalue weighted by Crippen LogP contribution is -2.31. The number of hydrogen-bond acceptors (Lipinski definition) is 4. The van der Waals surface area contributed by atoms with E-state index in [0.717, 1.165) is 0 Å². The Morgan fingerprint density at radius 2 is 2.19 bits per heavy atom. The van der Waals surface area contributed by atoms with Gasteiger partial charge < -0.3 is 4.57 Å². The van der Waals surface area contributed by atoms with Gasteiger partial charge in [-0.15, -0.1) is 0 Å². The molecule has 0 saturated heterocycles. The zero-order chi connectivity index (χ0) is 12.3. The Morgan fingerprint density at radius 1 is 1.56 bits per heavy atom. The summed E-state index contributed by atoms with van der Waals surface area (Å²) in [6, 6.07) is 1.26. The number of sulfonamides is 1. The highest BCUT2D eigenvalue weighted by Gasteiger charge is 2.19. The van der Waals surface area contributed by atoms with Gasteiger partial charge in [0.05, 0.1) is 0 Å². The molecule has 0 unspecified atom stereocenters. The van der Waals surface area contributed by atoms with Gasteiger partial charge in [-0.1, -0.05) is 6.92 Å². The lowest BCUT2D eigenvalue weighted by Gasteiger charge is -1.99. The van der Waals surface area contributed by atoms with Crippen molar-refractivity contribution in [3.05, 3.63) is 18.0 Å². The van der Waals surface area contributed by atoms with Crippen LogP contribution in [-0.2, 0) is 17.1 Å². The van der Waals surface area contributed by atoms with Crippen molar-refractivity contribution in [3.8, 4) is 0 Å². The van der Waals surface area contributed by atoms with Crippen molar-refractivity contribution in [3.63, 3.8) is 0 Å². The highest BCUT2D eigenvalue weighted by molar-refractivity contribution is 7.89. The molecule has 0 fully saturated rings. The van der Waals surface area contributed by atoms with Crippen molar-refractivity contribution in [2.45, 2.75) is 11.8 Å². The van der Waals surface area contributed by atoms with E-state index in [1.165, 1.54) is 16.8 Å². The Morgan fingerprint density at radius 3 is 2.69 bits per heavy atom. The van der Waals surface area contributed by atoms with Crippen LogP contribution >= 0.6 is 0 Å². The van der Waals surface area contributed by atoms with E-state index in [-0.39, 0.29) is 17.1 Å². The fourth-order valence-corrected chi connectivity index (χ4v) is 2.36. The minimum Gasteiger partial charge on any atom is -0.345 e. The average Bonchev–Trinajstić information content (AvgIpc) is 2.60. The molecule has 0 aromatic carbocycles. The molecule has 1 rings (SSSR count). The number of nitrogens with one attached hydrogen (secondary N) is 2. The van der Waals surface area contributed by atoms with Gasteiger partial charge >= 0.3 is 0 Å². The first-order valence-electron chi connectivity index (χ1n) is 4.59. The molecule has 0 saturated carbocycles. The van der Waals surface area contributed by atoms with Crippen molar-refractivity contribution in [1.82, 2.24) is 14.7 Å². The van der Waals surface area contributed by atoms with Crippen LogP contribution in [0.25, 0.3) is 0 Å². The number of rotatable bonds is 4. The number of amides is 1. The molecule has 1 aromatic heterocycles. The summed E-state index contributed by atoms with van der Waals surface area (Å²) in [6.07, 6.45) is 1.35. The molecule has 8 heteroatoms. The van der Waals surface area contributed by atoms with Crippen LogP contribution in [0.15, 0.2) is 17.2 Å². The smallest absolute Gasteiger partial charge is 0.281 e. The van der Waals surface area contributed by atoms with Gasteiger partial charge in [0.1, 0.15) is 10.6 Å². The second-order valence-electron chi connectivity index (χ2n) is 3.15. The normalized spacial score (nSPS) is 11.4. The monoisotopic (exact) mass is 246 g/mol. The zero-order valence-electron chi connectivity index (χ0n) is 9.02. The summed E-state index contributed by atoms with van der Waals surface area (Å²) in [5.41, 5.74) is 2.12. The first-order chi connectivity index (χ1) is 7.42. The number of nitrogen functional groups attached to an aromatic ring is 1. The quantitative estimate of drug-likeness (QED) is 0.357. The third kappa shape index (κ3) is 2.40. The van der Waals surface area contributed by atoms with E-state index >= 15 is 0 Å². The number of hydrazine groups is 1. The Balaban J connectivity index is 3.15. The second-order valence-corrected chi connectivity index (χ2v) is 4.91.